The molecule has 96 valence electrons. The molecule has 0 aliphatic heterocycles. The van der Waals surface area contributed by atoms with E-state index in [1.165, 1.54) is 0 Å². The smallest absolute Gasteiger partial charge is 0.0960 e. The second kappa shape index (κ2) is 6.72. The normalized spacial score (nSPS) is 13.6. The Morgan fingerprint density at radius 3 is 2.76 bits per heavy atom. The topological polar surface area (TPSA) is 42.4 Å². The van der Waals surface area contributed by atoms with Crippen LogP contribution in [0.2, 0.25) is 0 Å². The molecule has 17 heavy (non-hydrogen) atoms. The van der Waals surface area contributed by atoms with Crippen LogP contribution in [0.15, 0.2) is 24.4 Å². The van der Waals surface area contributed by atoms with E-state index >= 15 is 0 Å². The Morgan fingerprint density at radius 1 is 1.41 bits per heavy atom. The van der Waals surface area contributed by atoms with Gasteiger partial charge in [0.2, 0.25) is 0 Å². The van der Waals surface area contributed by atoms with Crippen molar-refractivity contribution < 1.29 is 9.84 Å². The number of pyridine rings is 1. The van der Waals surface area contributed by atoms with Crippen LogP contribution in [0.25, 0.3) is 0 Å². The SMILES string of the molecule is CCC(C)(C)OCCCC(O)c1ccccn1. The number of aromatic nitrogens is 1. The minimum absolute atomic E-state index is 0.0596. The lowest BCUT2D eigenvalue weighted by Crippen LogP contribution is -2.23. The number of hydrogen-bond acceptors (Lipinski definition) is 3. The zero-order valence-corrected chi connectivity index (χ0v) is 11.0. The second-order valence-electron chi connectivity index (χ2n) is 4.87. The van der Waals surface area contributed by atoms with Gasteiger partial charge in [0.05, 0.1) is 17.4 Å². The summed E-state index contributed by atoms with van der Waals surface area (Å²) in [6, 6.07) is 5.59. The van der Waals surface area contributed by atoms with Gasteiger partial charge in [-0.3, -0.25) is 4.98 Å². The van der Waals surface area contributed by atoms with E-state index in [1.807, 2.05) is 18.2 Å². The van der Waals surface area contributed by atoms with Gasteiger partial charge in [0.25, 0.3) is 0 Å². The van der Waals surface area contributed by atoms with Crippen LogP contribution in [0, 0.1) is 0 Å². The maximum absolute atomic E-state index is 9.89. The Kier molecular flexibility index (Phi) is 5.59. The molecule has 1 N–H and O–H groups in total. The van der Waals surface area contributed by atoms with Gasteiger partial charge in [-0.1, -0.05) is 13.0 Å². The van der Waals surface area contributed by atoms with E-state index in [-0.39, 0.29) is 5.60 Å². The largest absolute Gasteiger partial charge is 0.387 e. The number of ether oxygens (including phenoxy) is 1. The Labute approximate surface area is 104 Å². The molecule has 0 amide bonds. The molecule has 3 nitrogen and oxygen atoms in total. The van der Waals surface area contributed by atoms with Crippen molar-refractivity contribution in [1.29, 1.82) is 0 Å². The van der Waals surface area contributed by atoms with Gasteiger partial charge in [-0.05, 0) is 45.2 Å². The average molecular weight is 237 g/mol. The lowest BCUT2D eigenvalue weighted by Gasteiger charge is -2.23. The predicted octanol–water partition coefficient (Wildman–Crippen LogP) is 3.10. The molecular formula is C14H23NO2. The molecule has 3 heteroatoms. The van der Waals surface area contributed by atoms with E-state index < -0.39 is 6.10 Å². The van der Waals surface area contributed by atoms with Gasteiger partial charge in [0.15, 0.2) is 0 Å². The fraction of sp³-hybridized carbons (Fsp3) is 0.643. The van der Waals surface area contributed by atoms with Gasteiger partial charge in [-0.2, -0.15) is 0 Å². The van der Waals surface area contributed by atoms with Crippen molar-refractivity contribution in [3.05, 3.63) is 30.1 Å². The molecule has 1 rings (SSSR count). The fourth-order valence-electron chi connectivity index (χ4n) is 1.45. The van der Waals surface area contributed by atoms with Crippen LogP contribution in [-0.4, -0.2) is 22.3 Å². The summed E-state index contributed by atoms with van der Waals surface area (Å²) in [6.45, 7) is 6.97. The van der Waals surface area contributed by atoms with Gasteiger partial charge >= 0.3 is 0 Å². The number of aliphatic hydroxyl groups excluding tert-OH is 1. The summed E-state index contributed by atoms with van der Waals surface area (Å²) in [5, 5.41) is 9.89. The highest BCUT2D eigenvalue weighted by Crippen LogP contribution is 2.18. The van der Waals surface area contributed by atoms with Gasteiger partial charge in [0.1, 0.15) is 0 Å². The molecule has 1 atom stereocenters. The number of rotatable bonds is 7. The van der Waals surface area contributed by atoms with Gasteiger partial charge in [-0.15, -0.1) is 0 Å². The van der Waals surface area contributed by atoms with Crippen LogP contribution in [0.1, 0.15) is 51.8 Å². The first-order chi connectivity index (χ1) is 8.05. The lowest BCUT2D eigenvalue weighted by atomic mass is 10.1. The van der Waals surface area contributed by atoms with Crippen molar-refractivity contribution in [2.75, 3.05) is 6.61 Å². The van der Waals surface area contributed by atoms with Crippen molar-refractivity contribution in [3.63, 3.8) is 0 Å². The van der Waals surface area contributed by atoms with Gasteiger partial charge in [0, 0.05) is 12.8 Å². The average Bonchev–Trinajstić information content (AvgIpc) is 2.35. The highest BCUT2D eigenvalue weighted by molar-refractivity contribution is 5.06. The first-order valence-electron chi connectivity index (χ1n) is 6.28. The van der Waals surface area contributed by atoms with Crippen LogP contribution >= 0.6 is 0 Å². The minimum Gasteiger partial charge on any atom is -0.387 e. The van der Waals surface area contributed by atoms with Gasteiger partial charge < -0.3 is 9.84 Å². The number of hydrogen-bond donors (Lipinski definition) is 1. The Morgan fingerprint density at radius 2 is 2.18 bits per heavy atom. The summed E-state index contributed by atoms with van der Waals surface area (Å²) in [6.07, 6.45) is 3.76. The molecule has 0 saturated heterocycles. The van der Waals surface area contributed by atoms with Crippen molar-refractivity contribution in [2.24, 2.45) is 0 Å². The van der Waals surface area contributed by atoms with Crippen LogP contribution in [0.3, 0.4) is 0 Å². The van der Waals surface area contributed by atoms with Crippen LogP contribution in [0.4, 0.5) is 0 Å². The summed E-state index contributed by atoms with van der Waals surface area (Å²) in [5.74, 6) is 0. The molecule has 0 saturated carbocycles. The van der Waals surface area contributed by atoms with Crippen LogP contribution < -0.4 is 0 Å². The number of aliphatic hydroxyl groups is 1. The molecule has 0 spiro atoms. The Balaban J connectivity index is 2.24. The van der Waals surface area contributed by atoms with Gasteiger partial charge in [-0.25, -0.2) is 0 Å². The molecule has 1 aromatic heterocycles. The molecule has 0 aliphatic rings. The molecule has 0 aromatic carbocycles. The maximum Gasteiger partial charge on any atom is 0.0960 e. The molecule has 0 fully saturated rings. The first kappa shape index (κ1) is 14.1. The summed E-state index contributed by atoms with van der Waals surface area (Å²) in [4.78, 5) is 4.13. The summed E-state index contributed by atoms with van der Waals surface area (Å²) >= 11 is 0. The third-order valence-corrected chi connectivity index (χ3v) is 3.00. The van der Waals surface area contributed by atoms with Crippen molar-refractivity contribution in [1.82, 2.24) is 4.98 Å². The molecule has 1 heterocycles. The molecule has 0 aliphatic carbocycles. The fourth-order valence-corrected chi connectivity index (χ4v) is 1.45. The van der Waals surface area contributed by atoms with Crippen molar-refractivity contribution in [3.8, 4) is 0 Å². The predicted molar refractivity (Wildman–Crippen MR) is 68.8 cm³/mol. The minimum atomic E-state index is -0.482. The van der Waals surface area contributed by atoms with Crippen molar-refractivity contribution >= 4 is 0 Å². The maximum atomic E-state index is 9.89. The molecule has 0 radical (unpaired) electrons. The second-order valence-corrected chi connectivity index (χ2v) is 4.87. The van der Waals surface area contributed by atoms with E-state index in [2.05, 4.69) is 25.8 Å². The zero-order valence-electron chi connectivity index (χ0n) is 11.0. The van der Waals surface area contributed by atoms with E-state index in [4.69, 9.17) is 4.74 Å². The van der Waals surface area contributed by atoms with Crippen LogP contribution in [0.5, 0.6) is 0 Å². The third kappa shape index (κ3) is 5.29. The highest BCUT2D eigenvalue weighted by atomic mass is 16.5. The highest BCUT2D eigenvalue weighted by Gasteiger charge is 2.15. The third-order valence-electron chi connectivity index (χ3n) is 3.00. The zero-order chi connectivity index (χ0) is 12.7. The summed E-state index contributed by atoms with van der Waals surface area (Å²) in [7, 11) is 0. The van der Waals surface area contributed by atoms with E-state index in [9.17, 15) is 5.11 Å². The molecule has 1 aromatic rings. The Bertz CT molecular complexity index is 311. The summed E-state index contributed by atoms with van der Waals surface area (Å²) < 4.78 is 5.73. The van der Waals surface area contributed by atoms with Crippen molar-refractivity contribution in [2.45, 2.75) is 51.7 Å². The number of nitrogens with zero attached hydrogens (tertiary/aromatic N) is 1. The first-order valence-corrected chi connectivity index (χ1v) is 6.28. The molecular weight excluding hydrogens is 214 g/mol. The van der Waals surface area contributed by atoms with Crippen LogP contribution in [-0.2, 0) is 4.74 Å². The monoisotopic (exact) mass is 237 g/mol. The Hall–Kier alpha value is -0.930. The summed E-state index contributed by atoms with van der Waals surface area (Å²) in [5.41, 5.74) is 0.679. The van der Waals surface area contributed by atoms with E-state index in [0.717, 1.165) is 18.5 Å². The van der Waals surface area contributed by atoms with E-state index in [1.54, 1.807) is 6.20 Å². The molecule has 1 unspecified atom stereocenters. The lowest BCUT2D eigenvalue weighted by molar-refractivity contribution is -0.0250. The van der Waals surface area contributed by atoms with E-state index in [0.29, 0.717) is 13.0 Å². The standard InChI is InChI=1S/C14H23NO2/c1-4-14(2,3)17-11-7-9-13(16)12-8-5-6-10-15-12/h5-6,8,10,13,16H,4,7,9,11H2,1-3H3. The quantitative estimate of drug-likeness (QED) is 0.741. The molecule has 0 bridgehead atoms.